The predicted octanol–water partition coefficient (Wildman–Crippen LogP) is 4.17. The fourth-order valence-electron chi connectivity index (χ4n) is 5.78. The molecule has 1 saturated carbocycles. The first-order valence-electron chi connectivity index (χ1n) is 15.0. The van der Waals surface area contributed by atoms with E-state index in [9.17, 15) is 14.4 Å². The van der Waals surface area contributed by atoms with Gasteiger partial charge in [0.2, 0.25) is 0 Å². The lowest BCUT2D eigenvalue weighted by molar-refractivity contribution is 0.0766. The van der Waals surface area contributed by atoms with Crippen molar-refractivity contribution in [1.82, 2.24) is 10.2 Å². The van der Waals surface area contributed by atoms with Crippen LogP contribution in [0.1, 0.15) is 68.7 Å². The van der Waals surface area contributed by atoms with Crippen molar-refractivity contribution in [3.8, 4) is 11.8 Å². The summed E-state index contributed by atoms with van der Waals surface area (Å²) in [6.45, 7) is 2.26. The van der Waals surface area contributed by atoms with Crippen LogP contribution < -0.4 is 26.0 Å². The molecule has 5 rings (SSSR count). The van der Waals surface area contributed by atoms with Crippen LogP contribution in [0.3, 0.4) is 0 Å². The molecule has 0 bridgehead atoms. The van der Waals surface area contributed by atoms with Crippen LogP contribution in [0.25, 0.3) is 0 Å². The second kappa shape index (κ2) is 14.1. The number of carbonyl (C=O) groups is 3. The zero-order chi connectivity index (χ0) is 31.1. The molecule has 10 heteroatoms. The van der Waals surface area contributed by atoms with Crippen LogP contribution in [-0.2, 0) is 0 Å². The van der Waals surface area contributed by atoms with Gasteiger partial charge in [0, 0.05) is 55.0 Å². The Hall–Kier alpha value is -4.88. The summed E-state index contributed by atoms with van der Waals surface area (Å²) in [5, 5.41) is 15.2. The molecule has 0 atom stereocenters. The Balaban J connectivity index is 1.36. The highest BCUT2D eigenvalue weighted by atomic mass is 16.5. The molecule has 1 aliphatic heterocycles. The molecule has 1 saturated heterocycles. The van der Waals surface area contributed by atoms with Gasteiger partial charge in [0.25, 0.3) is 17.7 Å². The van der Waals surface area contributed by atoms with Gasteiger partial charge in [-0.15, -0.1) is 0 Å². The summed E-state index contributed by atoms with van der Waals surface area (Å²) in [5.41, 5.74) is 9.26. The third-order valence-corrected chi connectivity index (χ3v) is 8.33. The summed E-state index contributed by atoms with van der Waals surface area (Å²) in [7, 11) is 1.55. The fraction of sp³-hybridized carbons (Fsp3) is 0.353. The van der Waals surface area contributed by atoms with Crippen molar-refractivity contribution in [2.24, 2.45) is 5.73 Å². The molecule has 0 radical (unpaired) electrons. The van der Waals surface area contributed by atoms with Gasteiger partial charge in [0.05, 0.1) is 30.1 Å². The molecule has 10 nitrogen and oxygen atoms in total. The molecular formula is C34H38N6O4. The quantitative estimate of drug-likeness (QED) is 0.373. The summed E-state index contributed by atoms with van der Waals surface area (Å²) in [6.07, 6.45) is 4.17. The van der Waals surface area contributed by atoms with E-state index in [0.717, 1.165) is 37.8 Å². The molecule has 3 aromatic carbocycles. The molecule has 0 aromatic heterocycles. The lowest BCUT2D eigenvalue weighted by Crippen LogP contribution is -2.40. The molecule has 0 spiro atoms. The van der Waals surface area contributed by atoms with E-state index in [-0.39, 0.29) is 29.8 Å². The van der Waals surface area contributed by atoms with Crippen molar-refractivity contribution >= 4 is 29.1 Å². The van der Waals surface area contributed by atoms with Gasteiger partial charge in [-0.1, -0.05) is 6.07 Å². The summed E-state index contributed by atoms with van der Waals surface area (Å²) >= 11 is 0. The Morgan fingerprint density at radius 2 is 1.59 bits per heavy atom. The molecule has 4 N–H and O–H groups in total. The van der Waals surface area contributed by atoms with E-state index in [1.807, 2.05) is 11.0 Å². The number of benzene rings is 3. The summed E-state index contributed by atoms with van der Waals surface area (Å²) in [4.78, 5) is 43.8. The number of nitriles is 1. The Kier molecular flexibility index (Phi) is 9.77. The molecule has 3 amide bonds. The number of ether oxygens (including phenoxy) is 1. The normalized spacial score (nSPS) is 18.5. The first-order chi connectivity index (χ1) is 21.3. The fourth-order valence-corrected chi connectivity index (χ4v) is 5.78. The van der Waals surface area contributed by atoms with Crippen molar-refractivity contribution in [3.63, 3.8) is 0 Å². The van der Waals surface area contributed by atoms with E-state index in [1.54, 1.807) is 67.8 Å². The zero-order valence-electron chi connectivity index (χ0n) is 24.9. The number of nitrogens with zero attached hydrogens (tertiary/aromatic N) is 3. The number of methoxy groups -OCH3 is 1. The number of rotatable bonds is 7. The van der Waals surface area contributed by atoms with Gasteiger partial charge in [0.1, 0.15) is 5.75 Å². The summed E-state index contributed by atoms with van der Waals surface area (Å²) < 4.78 is 5.29. The van der Waals surface area contributed by atoms with E-state index in [1.165, 1.54) is 0 Å². The molecule has 1 aliphatic carbocycles. The summed E-state index contributed by atoms with van der Waals surface area (Å²) in [6, 6.07) is 21.3. The first kappa shape index (κ1) is 30.6. The van der Waals surface area contributed by atoms with Crippen molar-refractivity contribution in [2.45, 2.75) is 44.2 Å². The standard InChI is InChI=1S/C34H38N6O4/c1-44-29-5-2-4-25(20-29)33(42)38-30-21-26(32(41)37-28-13-11-27(36)12-14-28)10-15-31(30)39-16-3-17-40(19-18-39)34(43)24-8-6-23(22-35)7-9-24/h2,4-10,15,20-21,27-28H,3,11-14,16-19,36H2,1H3,(H,37,41)(H,38,42). The van der Waals surface area contributed by atoms with E-state index in [0.29, 0.717) is 59.9 Å². The second-order valence-corrected chi connectivity index (χ2v) is 11.3. The zero-order valence-corrected chi connectivity index (χ0v) is 24.9. The molecule has 0 unspecified atom stereocenters. The van der Waals surface area contributed by atoms with Crippen LogP contribution in [0.5, 0.6) is 5.75 Å². The third kappa shape index (κ3) is 7.36. The van der Waals surface area contributed by atoms with Gasteiger partial charge in [-0.05, 0) is 92.8 Å². The molecule has 228 valence electrons. The Bertz CT molecular complexity index is 1540. The number of hydrogen-bond donors (Lipinski definition) is 3. The van der Waals surface area contributed by atoms with Crippen molar-refractivity contribution in [3.05, 3.63) is 89.0 Å². The monoisotopic (exact) mass is 594 g/mol. The lowest BCUT2D eigenvalue weighted by Gasteiger charge is -2.28. The maximum absolute atomic E-state index is 13.4. The molecular weight excluding hydrogens is 556 g/mol. The SMILES string of the molecule is COc1cccc(C(=O)Nc2cc(C(=O)NC3CCC(N)CC3)ccc2N2CCCN(C(=O)c3ccc(C#N)cc3)CC2)c1. The van der Waals surface area contributed by atoms with Crippen LogP contribution in [-0.4, -0.2) is 68.0 Å². The summed E-state index contributed by atoms with van der Waals surface area (Å²) in [5.74, 6) is -0.0308. The Morgan fingerprint density at radius 3 is 2.32 bits per heavy atom. The number of anilines is 2. The highest BCUT2D eigenvalue weighted by Gasteiger charge is 2.25. The number of nitrogens with two attached hydrogens (primary N) is 1. The van der Waals surface area contributed by atoms with E-state index >= 15 is 0 Å². The molecule has 3 aromatic rings. The Labute approximate surface area is 257 Å². The van der Waals surface area contributed by atoms with Crippen LogP contribution >= 0.6 is 0 Å². The second-order valence-electron chi connectivity index (χ2n) is 11.3. The first-order valence-corrected chi connectivity index (χ1v) is 15.0. The number of hydrogen-bond acceptors (Lipinski definition) is 7. The van der Waals surface area contributed by atoms with Gasteiger partial charge in [-0.2, -0.15) is 5.26 Å². The minimum atomic E-state index is -0.323. The minimum Gasteiger partial charge on any atom is -0.497 e. The van der Waals surface area contributed by atoms with Crippen LogP contribution in [0.4, 0.5) is 11.4 Å². The van der Waals surface area contributed by atoms with Crippen molar-refractivity contribution < 1.29 is 19.1 Å². The number of carbonyl (C=O) groups excluding carboxylic acids is 3. The smallest absolute Gasteiger partial charge is 0.255 e. The molecule has 1 heterocycles. The Morgan fingerprint density at radius 1 is 0.864 bits per heavy atom. The molecule has 44 heavy (non-hydrogen) atoms. The van der Waals surface area contributed by atoms with E-state index < -0.39 is 0 Å². The largest absolute Gasteiger partial charge is 0.497 e. The van der Waals surface area contributed by atoms with Gasteiger partial charge in [-0.3, -0.25) is 14.4 Å². The van der Waals surface area contributed by atoms with E-state index in [2.05, 4.69) is 21.6 Å². The van der Waals surface area contributed by atoms with Gasteiger partial charge >= 0.3 is 0 Å². The molecule has 2 fully saturated rings. The van der Waals surface area contributed by atoms with Gasteiger partial charge < -0.3 is 30.9 Å². The highest BCUT2D eigenvalue weighted by Crippen LogP contribution is 2.30. The predicted molar refractivity (Wildman–Crippen MR) is 169 cm³/mol. The lowest BCUT2D eigenvalue weighted by atomic mass is 9.91. The minimum absolute atomic E-state index is 0.0713. The average molecular weight is 595 g/mol. The van der Waals surface area contributed by atoms with Crippen molar-refractivity contribution in [1.29, 1.82) is 5.26 Å². The van der Waals surface area contributed by atoms with Crippen molar-refractivity contribution in [2.75, 3.05) is 43.5 Å². The van der Waals surface area contributed by atoms with Crippen LogP contribution in [0.15, 0.2) is 66.7 Å². The highest BCUT2D eigenvalue weighted by molar-refractivity contribution is 6.07. The number of amides is 3. The third-order valence-electron chi connectivity index (χ3n) is 8.33. The van der Waals surface area contributed by atoms with Gasteiger partial charge in [0.15, 0.2) is 0 Å². The average Bonchev–Trinajstić information content (AvgIpc) is 3.32. The maximum atomic E-state index is 13.4. The van der Waals surface area contributed by atoms with Crippen LogP contribution in [0, 0.1) is 11.3 Å². The van der Waals surface area contributed by atoms with Gasteiger partial charge in [-0.25, -0.2) is 0 Å². The van der Waals surface area contributed by atoms with Crippen LogP contribution in [0.2, 0.25) is 0 Å². The topological polar surface area (TPSA) is 141 Å². The maximum Gasteiger partial charge on any atom is 0.255 e. The number of nitrogens with one attached hydrogen (secondary N) is 2. The van der Waals surface area contributed by atoms with E-state index in [4.69, 9.17) is 15.7 Å². The molecule has 2 aliphatic rings.